The van der Waals surface area contributed by atoms with Gasteiger partial charge in [0.05, 0.1) is 0 Å². The van der Waals surface area contributed by atoms with Crippen molar-refractivity contribution in [3.05, 3.63) is 0 Å². The third-order valence-electron chi connectivity index (χ3n) is 3.32. The van der Waals surface area contributed by atoms with Gasteiger partial charge in [0.2, 0.25) is 0 Å². The topological polar surface area (TPSA) is 86.7 Å². The molecule has 1 fully saturated rings. The van der Waals surface area contributed by atoms with Crippen LogP contribution in [0.15, 0.2) is 0 Å². The van der Waals surface area contributed by atoms with Crippen LogP contribution in [0.2, 0.25) is 0 Å². The van der Waals surface area contributed by atoms with Crippen molar-refractivity contribution in [1.29, 1.82) is 0 Å². The van der Waals surface area contributed by atoms with E-state index < -0.39 is 11.5 Å². The summed E-state index contributed by atoms with van der Waals surface area (Å²) >= 11 is 0. The molecule has 1 saturated heterocycles. The smallest absolute Gasteiger partial charge is 0.325 e. The van der Waals surface area contributed by atoms with E-state index in [4.69, 9.17) is 5.11 Å². The van der Waals surface area contributed by atoms with Crippen LogP contribution >= 0.6 is 0 Å². The van der Waals surface area contributed by atoms with Crippen molar-refractivity contribution in [2.75, 3.05) is 6.54 Å². The molecule has 0 aromatic carbocycles. The molecule has 18 heavy (non-hydrogen) atoms. The number of urea groups is 1. The maximum Gasteiger partial charge on any atom is 0.325 e. The second-order valence-electron chi connectivity index (χ2n) is 4.78. The molecule has 102 valence electrons. The van der Waals surface area contributed by atoms with Gasteiger partial charge in [-0.15, -0.1) is 0 Å². The first-order valence-corrected chi connectivity index (χ1v) is 6.26. The molecule has 1 atom stereocenters. The Bertz CT molecular complexity index is 356. The molecule has 2 N–H and O–H groups in total. The summed E-state index contributed by atoms with van der Waals surface area (Å²) in [7, 11) is 0. The van der Waals surface area contributed by atoms with E-state index in [-0.39, 0.29) is 18.4 Å². The normalized spacial score (nSPS) is 23.3. The van der Waals surface area contributed by atoms with E-state index >= 15 is 0 Å². The highest BCUT2D eigenvalue weighted by Gasteiger charge is 2.45. The van der Waals surface area contributed by atoms with Gasteiger partial charge >= 0.3 is 12.0 Å². The van der Waals surface area contributed by atoms with Crippen LogP contribution in [-0.4, -0.2) is 40.0 Å². The fraction of sp³-hybridized carbons (Fsp3) is 0.750. The summed E-state index contributed by atoms with van der Waals surface area (Å²) in [6.07, 6.45) is 2.61. The number of carboxylic acids is 1. The number of hydrogen-bond donors (Lipinski definition) is 2. The summed E-state index contributed by atoms with van der Waals surface area (Å²) in [6, 6.07) is -0.345. The molecule has 6 heteroatoms. The van der Waals surface area contributed by atoms with Gasteiger partial charge in [0, 0.05) is 13.0 Å². The lowest BCUT2D eigenvalue weighted by molar-refractivity contribution is -0.137. The Morgan fingerprint density at radius 3 is 2.50 bits per heavy atom. The summed E-state index contributed by atoms with van der Waals surface area (Å²) in [5, 5.41) is 11.2. The molecular formula is C12H20N2O4. The molecule has 6 nitrogen and oxygen atoms in total. The molecule has 1 heterocycles. The average Bonchev–Trinajstić information content (AvgIpc) is 2.52. The number of hydrogen-bond acceptors (Lipinski definition) is 3. The molecule has 1 aliphatic rings. The third kappa shape index (κ3) is 3.21. The fourth-order valence-electron chi connectivity index (χ4n) is 1.91. The van der Waals surface area contributed by atoms with Crippen LogP contribution < -0.4 is 5.32 Å². The van der Waals surface area contributed by atoms with E-state index in [0.717, 1.165) is 0 Å². The van der Waals surface area contributed by atoms with Gasteiger partial charge in [-0.2, -0.15) is 0 Å². The lowest BCUT2D eigenvalue weighted by Gasteiger charge is -2.19. The Morgan fingerprint density at radius 1 is 1.33 bits per heavy atom. The summed E-state index contributed by atoms with van der Waals surface area (Å²) < 4.78 is 0. The van der Waals surface area contributed by atoms with E-state index in [1.807, 2.05) is 6.92 Å². The van der Waals surface area contributed by atoms with Gasteiger partial charge < -0.3 is 10.4 Å². The van der Waals surface area contributed by atoms with E-state index in [1.54, 1.807) is 6.92 Å². The Kier molecular flexibility index (Phi) is 4.69. The Hall–Kier alpha value is -1.59. The largest absolute Gasteiger partial charge is 0.481 e. The predicted octanol–water partition coefficient (Wildman–Crippen LogP) is 1.35. The van der Waals surface area contributed by atoms with E-state index in [1.165, 1.54) is 4.90 Å². The number of carbonyl (C=O) groups excluding carboxylic acids is 2. The number of rotatable bonds is 7. The van der Waals surface area contributed by atoms with Crippen molar-refractivity contribution in [3.8, 4) is 0 Å². The van der Waals surface area contributed by atoms with Gasteiger partial charge in [0.25, 0.3) is 5.91 Å². The average molecular weight is 256 g/mol. The van der Waals surface area contributed by atoms with Crippen molar-refractivity contribution in [2.45, 2.75) is 51.5 Å². The molecule has 1 unspecified atom stereocenters. The zero-order valence-corrected chi connectivity index (χ0v) is 10.9. The SMILES string of the molecule is CCC1(C)NC(=O)N(CCCCCC(=O)O)C1=O. The first kappa shape index (κ1) is 14.5. The number of nitrogens with zero attached hydrogens (tertiary/aromatic N) is 1. The molecule has 0 aromatic heterocycles. The van der Waals surface area contributed by atoms with Gasteiger partial charge in [0.15, 0.2) is 0 Å². The van der Waals surface area contributed by atoms with Crippen LogP contribution in [0.25, 0.3) is 0 Å². The molecule has 1 rings (SSSR count). The summed E-state index contributed by atoms with van der Waals surface area (Å²) in [6.45, 7) is 3.94. The van der Waals surface area contributed by atoms with Crippen molar-refractivity contribution in [2.24, 2.45) is 0 Å². The highest BCUT2D eigenvalue weighted by molar-refractivity contribution is 6.06. The van der Waals surface area contributed by atoms with Crippen LogP contribution in [0.5, 0.6) is 0 Å². The number of unbranched alkanes of at least 4 members (excludes halogenated alkanes) is 2. The molecule has 0 aromatic rings. The van der Waals surface area contributed by atoms with Crippen LogP contribution in [0.4, 0.5) is 4.79 Å². The standard InChI is InChI=1S/C12H20N2O4/c1-3-12(2)10(17)14(11(18)13-12)8-6-4-5-7-9(15)16/h3-8H2,1-2H3,(H,13,18)(H,15,16). The van der Waals surface area contributed by atoms with Crippen molar-refractivity contribution in [1.82, 2.24) is 10.2 Å². The zero-order valence-electron chi connectivity index (χ0n) is 10.9. The third-order valence-corrected chi connectivity index (χ3v) is 3.32. The second kappa shape index (κ2) is 5.84. The molecule has 0 spiro atoms. The number of aliphatic carboxylic acids is 1. The Labute approximate surface area is 106 Å². The highest BCUT2D eigenvalue weighted by atomic mass is 16.4. The van der Waals surface area contributed by atoms with Gasteiger partial charge in [-0.3, -0.25) is 14.5 Å². The number of carboxylic acid groups (broad SMARTS) is 1. The van der Waals surface area contributed by atoms with Gasteiger partial charge in [-0.1, -0.05) is 13.3 Å². The Morgan fingerprint density at radius 2 is 2.00 bits per heavy atom. The van der Waals surface area contributed by atoms with Crippen molar-refractivity contribution >= 4 is 17.9 Å². The maximum atomic E-state index is 12.0. The van der Waals surface area contributed by atoms with E-state index in [9.17, 15) is 14.4 Å². The van der Waals surface area contributed by atoms with E-state index in [0.29, 0.717) is 32.2 Å². The van der Waals surface area contributed by atoms with Crippen LogP contribution in [-0.2, 0) is 9.59 Å². The molecule has 0 radical (unpaired) electrons. The molecule has 1 aliphatic heterocycles. The van der Waals surface area contributed by atoms with Crippen LogP contribution in [0.3, 0.4) is 0 Å². The van der Waals surface area contributed by atoms with Gasteiger partial charge in [-0.25, -0.2) is 4.79 Å². The number of amides is 3. The van der Waals surface area contributed by atoms with Crippen LogP contribution in [0, 0.1) is 0 Å². The van der Waals surface area contributed by atoms with Crippen molar-refractivity contribution < 1.29 is 19.5 Å². The number of imide groups is 1. The van der Waals surface area contributed by atoms with E-state index in [2.05, 4.69) is 5.32 Å². The second-order valence-corrected chi connectivity index (χ2v) is 4.78. The van der Waals surface area contributed by atoms with Gasteiger partial charge in [0.1, 0.15) is 5.54 Å². The van der Waals surface area contributed by atoms with Gasteiger partial charge in [-0.05, 0) is 26.2 Å². The minimum absolute atomic E-state index is 0.132. The molecule has 0 bridgehead atoms. The summed E-state index contributed by atoms with van der Waals surface area (Å²) in [5.74, 6) is -1.00. The monoisotopic (exact) mass is 256 g/mol. The van der Waals surface area contributed by atoms with Crippen molar-refractivity contribution in [3.63, 3.8) is 0 Å². The summed E-state index contributed by atoms with van der Waals surface area (Å²) in [4.78, 5) is 35.2. The summed E-state index contributed by atoms with van der Waals surface area (Å²) in [5.41, 5.74) is -0.780. The first-order valence-electron chi connectivity index (χ1n) is 6.26. The minimum atomic E-state index is -0.816. The number of nitrogens with one attached hydrogen (secondary N) is 1. The molecule has 0 aliphatic carbocycles. The lowest BCUT2D eigenvalue weighted by Crippen LogP contribution is -2.43. The maximum absolute atomic E-state index is 12.0. The first-order chi connectivity index (χ1) is 8.40. The minimum Gasteiger partial charge on any atom is -0.481 e. The molecule has 0 saturated carbocycles. The predicted molar refractivity (Wildman–Crippen MR) is 65.0 cm³/mol. The number of carbonyl (C=O) groups is 3. The quantitative estimate of drug-likeness (QED) is 0.531. The highest BCUT2D eigenvalue weighted by Crippen LogP contribution is 2.21. The van der Waals surface area contributed by atoms with Crippen LogP contribution in [0.1, 0.15) is 46.0 Å². The fourth-order valence-corrected chi connectivity index (χ4v) is 1.91. The zero-order chi connectivity index (χ0) is 13.8. The molecular weight excluding hydrogens is 236 g/mol. The molecule has 3 amide bonds. The Balaban J connectivity index is 2.37. The lowest BCUT2D eigenvalue weighted by atomic mass is 9.99.